The van der Waals surface area contributed by atoms with Crippen LogP contribution in [0.1, 0.15) is 53.7 Å². The normalized spacial score (nSPS) is 19.7. The van der Waals surface area contributed by atoms with Crippen LogP contribution in [0.25, 0.3) is 5.57 Å². The molecular weight excluding hydrogens is 504 g/mol. The highest BCUT2D eigenvalue weighted by Crippen LogP contribution is 2.56. The number of nitrogens with zero attached hydrogens (tertiary/aromatic N) is 3. The average Bonchev–Trinajstić information content (AvgIpc) is 3.55. The molecule has 9 nitrogen and oxygen atoms in total. The Kier molecular flexibility index (Phi) is 6.43. The minimum Gasteiger partial charge on any atom is -0.395 e. The topological polar surface area (TPSA) is 125 Å². The van der Waals surface area contributed by atoms with Crippen LogP contribution < -0.4 is 14.9 Å². The second-order valence-electron chi connectivity index (χ2n) is 10.2. The molecule has 1 aromatic carbocycles. The molecule has 0 radical (unpaired) electrons. The molecule has 1 aliphatic heterocycles. The maximum absolute atomic E-state index is 13.4. The number of nitrogens with one attached hydrogen (secondary N) is 2. The molecule has 3 aliphatic rings. The number of aryl methyl sites for hydroxylation is 1. The molecule has 1 amide bonds. The molecule has 1 saturated heterocycles. The van der Waals surface area contributed by atoms with Gasteiger partial charge in [-0.2, -0.15) is 4.98 Å². The van der Waals surface area contributed by atoms with Gasteiger partial charge in [-0.3, -0.25) is 9.52 Å². The molecule has 198 valence electrons. The van der Waals surface area contributed by atoms with Crippen LogP contribution in [0.5, 0.6) is 0 Å². The van der Waals surface area contributed by atoms with Crippen molar-refractivity contribution in [2.24, 2.45) is 5.41 Å². The van der Waals surface area contributed by atoms with E-state index in [1.54, 1.807) is 25.1 Å². The number of aromatic nitrogens is 2. The minimum absolute atomic E-state index is 0.125. The van der Waals surface area contributed by atoms with Crippen molar-refractivity contribution in [1.29, 1.82) is 0 Å². The largest absolute Gasteiger partial charge is 0.395 e. The fraction of sp³-hybridized carbons (Fsp3) is 0.480. The van der Waals surface area contributed by atoms with Gasteiger partial charge >= 0.3 is 0 Å². The summed E-state index contributed by atoms with van der Waals surface area (Å²) >= 11 is 0. The number of halogens is 2. The van der Waals surface area contributed by atoms with E-state index in [0.717, 1.165) is 24.8 Å². The summed E-state index contributed by atoms with van der Waals surface area (Å²) in [7, 11) is -3.74. The lowest BCUT2D eigenvalue weighted by Crippen LogP contribution is -2.57. The Morgan fingerprint density at radius 3 is 2.54 bits per heavy atom. The van der Waals surface area contributed by atoms with Crippen LogP contribution in [-0.4, -0.2) is 60.8 Å². The molecule has 1 aromatic heterocycles. The number of sulfonamides is 1. The highest BCUT2D eigenvalue weighted by molar-refractivity contribution is 7.92. The number of benzene rings is 1. The molecule has 2 aliphatic carbocycles. The second-order valence-corrected chi connectivity index (χ2v) is 12.0. The molecule has 2 fully saturated rings. The molecule has 12 heteroatoms. The maximum Gasteiger partial charge on any atom is 0.282 e. The molecule has 5 rings (SSSR count). The fourth-order valence-corrected chi connectivity index (χ4v) is 5.67. The summed E-state index contributed by atoms with van der Waals surface area (Å²) in [6.45, 7) is 0.234. The molecule has 1 saturated carbocycles. The van der Waals surface area contributed by atoms with Crippen molar-refractivity contribution in [3.05, 3.63) is 47.2 Å². The zero-order valence-corrected chi connectivity index (χ0v) is 21.2. The Morgan fingerprint density at radius 1 is 1.16 bits per heavy atom. The molecule has 3 N–H and O–H groups in total. The van der Waals surface area contributed by atoms with Crippen molar-refractivity contribution in [2.45, 2.75) is 45.0 Å². The van der Waals surface area contributed by atoms with Crippen LogP contribution in [0.2, 0.25) is 0 Å². The quantitative estimate of drug-likeness (QED) is 0.474. The number of aliphatic hydroxyl groups is 1. The van der Waals surface area contributed by atoms with Crippen molar-refractivity contribution < 1.29 is 27.1 Å². The maximum atomic E-state index is 13.4. The van der Waals surface area contributed by atoms with Crippen molar-refractivity contribution >= 4 is 39.0 Å². The lowest BCUT2D eigenvalue weighted by molar-refractivity contribution is -0.0271. The predicted octanol–water partition coefficient (Wildman–Crippen LogP) is 3.57. The summed E-state index contributed by atoms with van der Waals surface area (Å²) in [5.74, 6) is -3.35. The third-order valence-electron chi connectivity index (χ3n) is 7.12. The number of amides is 1. The first-order valence-corrected chi connectivity index (χ1v) is 13.9. The lowest BCUT2D eigenvalue weighted by Gasteiger charge is -2.38. The first-order valence-electron chi connectivity index (χ1n) is 12.2. The van der Waals surface area contributed by atoms with Crippen LogP contribution in [0.4, 0.5) is 26.2 Å². The van der Waals surface area contributed by atoms with Gasteiger partial charge in [0.15, 0.2) is 0 Å². The van der Waals surface area contributed by atoms with E-state index in [9.17, 15) is 22.0 Å². The smallest absolute Gasteiger partial charge is 0.282 e. The third kappa shape index (κ3) is 5.74. The number of hydrogen-bond acceptors (Lipinski definition) is 7. The van der Waals surface area contributed by atoms with Crippen LogP contribution in [-0.2, 0) is 10.0 Å². The van der Waals surface area contributed by atoms with E-state index in [2.05, 4.69) is 26.1 Å². The van der Waals surface area contributed by atoms with E-state index < -0.39 is 47.3 Å². The lowest BCUT2D eigenvalue weighted by atomic mass is 9.83. The van der Waals surface area contributed by atoms with Crippen LogP contribution in [0, 0.1) is 12.3 Å². The third-order valence-corrected chi connectivity index (χ3v) is 8.38. The van der Waals surface area contributed by atoms with Gasteiger partial charge in [-0.15, -0.1) is 0 Å². The van der Waals surface area contributed by atoms with Crippen molar-refractivity contribution in [3.63, 3.8) is 0 Å². The molecular formula is C25H29F2N5O4S. The van der Waals surface area contributed by atoms with E-state index in [1.165, 1.54) is 23.8 Å². The SMILES string of the molecule is Cc1cc(NC(=O)c2ccc(NS(=O)(=O)CCO)cc2C2=CCC3(CC2)CC3)nc(N2CC(F)(F)C2)n1. The van der Waals surface area contributed by atoms with Gasteiger partial charge in [0.05, 0.1) is 25.4 Å². The first-order chi connectivity index (χ1) is 17.5. The van der Waals surface area contributed by atoms with E-state index in [0.29, 0.717) is 27.9 Å². The van der Waals surface area contributed by atoms with E-state index >= 15 is 0 Å². The highest BCUT2D eigenvalue weighted by atomic mass is 32.2. The van der Waals surface area contributed by atoms with E-state index in [4.69, 9.17) is 5.11 Å². The Labute approximate surface area is 214 Å². The summed E-state index contributed by atoms with van der Waals surface area (Å²) < 4.78 is 53.5. The monoisotopic (exact) mass is 533 g/mol. The number of hydrogen-bond donors (Lipinski definition) is 3. The van der Waals surface area contributed by atoms with Crippen molar-refractivity contribution in [1.82, 2.24) is 9.97 Å². The Balaban J connectivity index is 1.43. The number of anilines is 3. The van der Waals surface area contributed by atoms with Crippen LogP contribution in [0.15, 0.2) is 30.3 Å². The number of rotatable bonds is 8. The summed E-state index contributed by atoms with van der Waals surface area (Å²) in [6.07, 6.45) is 7.22. The molecule has 0 unspecified atom stereocenters. The Bertz CT molecular complexity index is 1370. The van der Waals surface area contributed by atoms with Gasteiger partial charge in [0.2, 0.25) is 16.0 Å². The fourth-order valence-electron chi connectivity index (χ4n) is 4.84. The summed E-state index contributed by atoms with van der Waals surface area (Å²) in [4.78, 5) is 23.2. The summed E-state index contributed by atoms with van der Waals surface area (Å²) in [5, 5.41) is 11.8. The van der Waals surface area contributed by atoms with Gasteiger partial charge in [0.25, 0.3) is 11.8 Å². The number of carbonyl (C=O) groups excluding carboxylic acids is 1. The molecule has 1 spiro atoms. The Morgan fingerprint density at radius 2 is 1.92 bits per heavy atom. The van der Waals surface area contributed by atoms with Crippen LogP contribution in [0.3, 0.4) is 0 Å². The zero-order chi connectivity index (χ0) is 26.4. The van der Waals surface area contributed by atoms with Gasteiger partial charge in [0, 0.05) is 23.0 Å². The van der Waals surface area contributed by atoms with Gasteiger partial charge in [-0.1, -0.05) is 6.08 Å². The van der Waals surface area contributed by atoms with Crippen LogP contribution >= 0.6 is 0 Å². The molecule has 0 bridgehead atoms. The second kappa shape index (κ2) is 9.32. The van der Waals surface area contributed by atoms with E-state index in [-0.39, 0.29) is 11.8 Å². The number of aliphatic hydroxyl groups excluding tert-OH is 1. The van der Waals surface area contributed by atoms with Gasteiger partial charge in [0.1, 0.15) is 5.82 Å². The number of alkyl halides is 2. The predicted molar refractivity (Wildman–Crippen MR) is 136 cm³/mol. The van der Waals surface area contributed by atoms with Crippen molar-refractivity contribution in [3.8, 4) is 0 Å². The van der Waals surface area contributed by atoms with Gasteiger partial charge < -0.3 is 15.3 Å². The summed E-state index contributed by atoms with van der Waals surface area (Å²) in [5.41, 5.74) is 3.12. The Hall–Kier alpha value is -3.12. The molecule has 37 heavy (non-hydrogen) atoms. The first kappa shape index (κ1) is 25.5. The highest BCUT2D eigenvalue weighted by Gasteiger charge is 2.45. The average molecular weight is 534 g/mol. The number of allylic oxidation sites excluding steroid dienone is 2. The van der Waals surface area contributed by atoms with Crippen molar-refractivity contribution in [2.75, 3.05) is 40.4 Å². The standard InChI is InChI=1S/C25H29F2N5O4S/c1-16-12-21(30-23(28-16)32-14-25(26,27)15-32)29-22(34)19-3-2-18(31-37(35,36)11-10-33)13-20(19)17-4-6-24(7-5-17)8-9-24/h2-4,12-13,31,33H,5-11,14-15H2,1H3,(H,28,29,30,34). The van der Waals surface area contributed by atoms with Gasteiger partial charge in [-0.25, -0.2) is 22.2 Å². The minimum atomic E-state index is -3.74. The molecule has 2 heterocycles. The summed E-state index contributed by atoms with van der Waals surface area (Å²) in [6, 6.07) is 6.25. The molecule has 2 aromatic rings. The molecule has 0 atom stereocenters. The zero-order valence-electron chi connectivity index (χ0n) is 20.4. The van der Waals surface area contributed by atoms with Gasteiger partial charge in [-0.05, 0) is 73.8 Å². The van der Waals surface area contributed by atoms with E-state index in [1.807, 2.05) is 0 Å². The number of carbonyl (C=O) groups is 1.